The molecular formula is C12H20N4O3S. The van der Waals surface area contributed by atoms with Crippen molar-refractivity contribution in [2.24, 2.45) is 5.84 Å². The van der Waals surface area contributed by atoms with Gasteiger partial charge in [0.05, 0.1) is 11.8 Å². The molecule has 3 N–H and O–H groups in total. The van der Waals surface area contributed by atoms with Crippen LogP contribution in [0.25, 0.3) is 0 Å². The van der Waals surface area contributed by atoms with E-state index in [1.165, 1.54) is 10.5 Å². The van der Waals surface area contributed by atoms with Crippen molar-refractivity contribution in [2.75, 3.05) is 25.1 Å². The topological polar surface area (TPSA) is 97.5 Å². The number of nitrogen functional groups attached to an aromatic ring is 1. The highest BCUT2D eigenvalue weighted by Gasteiger charge is 2.30. The van der Waals surface area contributed by atoms with E-state index in [9.17, 15) is 8.42 Å². The van der Waals surface area contributed by atoms with E-state index in [-0.39, 0.29) is 11.1 Å². The average Bonchev–Trinajstić information content (AvgIpc) is 2.97. The van der Waals surface area contributed by atoms with Crippen molar-refractivity contribution < 1.29 is 13.2 Å². The number of likely N-dealkylation sites (N-methyl/N-ethyl adjacent to an activating group) is 1. The molecule has 1 aromatic rings. The molecule has 1 aliphatic rings. The minimum absolute atomic E-state index is 0.0391. The number of nitrogens with one attached hydrogen (secondary N) is 1. The van der Waals surface area contributed by atoms with E-state index in [0.717, 1.165) is 12.8 Å². The maximum Gasteiger partial charge on any atom is 0.262 e. The summed E-state index contributed by atoms with van der Waals surface area (Å²) in [5.41, 5.74) is 2.66. The highest BCUT2D eigenvalue weighted by Crippen LogP contribution is 2.23. The van der Waals surface area contributed by atoms with Gasteiger partial charge in [0.15, 0.2) is 5.03 Å². The van der Waals surface area contributed by atoms with Crippen LogP contribution < -0.4 is 11.3 Å². The van der Waals surface area contributed by atoms with Crippen LogP contribution in [0, 0.1) is 0 Å². The Morgan fingerprint density at radius 3 is 3.00 bits per heavy atom. The van der Waals surface area contributed by atoms with E-state index in [1.807, 2.05) is 0 Å². The number of ether oxygens (including phenoxy) is 1. The van der Waals surface area contributed by atoms with E-state index in [2.05, 4.69) is 10.4 Å². The van der Waals surface area contributed by atoms with Crippen LogP contribution >= 0.6 is 0 Å². The lowest BCUT2D eigenvalue weighted by atomic mass is 10.2. The number of hydrogen-bond donors (Lipinski definition) is 2. The van der Waals surface area contributed by atoms with Gasteiger partial charge in [0.25, 0.3) is 10.0 Å². The van der Waals surface area contributed by atoms with E-state index in [0.29, 0.717) is 25.4 Å². The quantitative estimate of drug-likeness (QED) is 0.588. The Labute approximate surface area is 119 Å². The molecular weight excluding hydrogens is 280 g/mol. The van der Waals surface area contributed by atoms with Crippen molar-refractivity contribution in [3.8, 4) is 0 Å². The fourth-order valence-corrected chi connectivity index (χ4v) is 3.79. The molecule has 0 radical (unpaired) electrons. The normalized spacial score (nSPS) is 19.4. The van der Waals surface area contributed by atoms with Gasteiger partial charge in [-0.05, 0) is 25.0 Å². The number of nitrogens with zero attached hydrogens (tertiary/aromatic N) is 2. The Hall–Kier alpha value is -1.22. The van der Waals surface area contributed by atoms with Crippen LogP contribution in [0.15, 0.2) is 23.4 Å². The van der Waals surface area contributed by atoms with Crippen molar-refractivity contribution in [1.29, 1.82) is 0 Å². The Morgan fingerprint density at radius 2 is 2.40 bits per heavy atom. The van der Waals surface area contributed by atoms with Crippen LogP contribution in [-0.4, -0.2) is 43.5 Å². The smallest absolute Gasteiger partial charge is 0.262 e. The minimum atomic E-state index is -3.68. The molecule has 1 aromatic heterocycles. The van der Waals surface area contributed by atoms with Gasteiger partial charge < -0.3 is 10.2 Å². The summed E-state index contributed by atoms with van der Waals surface area (Å²) in [5.74, 6) is 5.35. The lowest BCUT2D eigenvalue weighted by Crippen LogP contribution is -2.38. The Bertz CT molecular complexity index is 543. The molecule has 2 rings (SSSR count). The van der Waals surface area contributed by atoms with E-state index in [1.54, 1.807) is 19.1 Å². The number of nitrogens with two attached hydrogens (primary N) is 1. The molecule has 1 aliphatic heterocycles. The third-order valence-electron chi connectivity index (χ3n) is 3.29. The fourth-order valence-electron chi connectivity index (χ4n) is 2.24. The first-order valence-electron chi connectivity index (χ1n) is 6.63. The van der Waals surface area contributed by atoms with E-state index >= 15 is 0 Å². The monoisotopic (exact) mass is 300 g/mol. The number of hydrazine groups is 1. The first-order valence-corrected chi connectivity index (χ1v) is 8.07. The van der Waals surface area contributed by atoms with Gasteiger partial charge in [0, 0.05) is 25.9 Å². The second-order valence-corrected chi connectivity index (χ2v) is 6.44. The van der Waals surface area contributed by atoms with Gasteiger partial charge in [0.1, 0.15) is 0 Å². The molecule has 0 aliphatic carbocycles. The number of hydrogen-bond acceptors (Lipinski definition) is 6. The van der Waals surface area contributed by atoms with E-state index in [4.69, 9.17) is 10.6 Å². The first kappa shape index (κ1) is 15.2. The lowest BCUT2D eigenvalue weighted by molar-refractivity contribution is 0.0946. The number of sulfonamides is 1. The zero-order valence-electron chi connectivity index (χ0n) is 11.4. The molecule has 1 atom stereocenters. The maximum absolute atomic E-state index is 12.6. The zero-order chi connectivity index (χ0) is 14.6. The summed E-state index contributed by atoms with van der Waals surface area (Å²) < 4.78 is 32.2. The van der Waals surface area contributed by atoms with Gasteiger partial charge in [-0.2, -0.15) is 4.31 Å². The van der Waals surface area contributed by atoms with E-state index < -0.39 is 10.0 Å². The summed E-state index contributed by atoms with van der Waals surface area (Å²) in [6.07, 6.45) is 3.26. The molecule has 20 heavy (non-hydrogen) atoms. The number of anilines is 1. The van der Waals surface area contributed by atoms with Crippen molar-refractivity contribution in [2.45, 2.75) is 30.9 Å². The molecule has 7 nitrogen and oxygen atoms in total. The lowest BCUT2D eigenvalue weighted by Gasteiger charge is -2.23. The van der Waals surface area contributed by atoms with Crippen molar-refractivity contribution in [3.05, 3.63) is 18.3 Å². The summed E-state index contributed by atoms with van der Waals surface area (Å²) in [5, 5.41) is -0.0534. The number of rotatable bonds is 6. The second kappa shape index (κ2) is 6.49. The Balaban J connectivity index is 2.26. The van der Waals surface area contributed by atoms with Crippen LogP contribution in [0.1, 0.15) is 19.8 Å². The van der Waals surface area contributed by atoms with Crippen molar-refractivity contribution in [3.63, 3.8) is 0 Å². The highest BCUT2D eigenvalue weighted by molar-refractivity contribution is 7.89. The van der Waals surface area contributed by atoms with Gasteiger partial charge >= 0.3 is 0 Å². The molecule has 0 aromatic carbocycles. The van der Waals surface area contributed by atoms with Gasteiger partial charge in [-0.1, -0.05) is 6.92 Å². The largest absolute Gasteiger partial charge is 0.377 e. The molecule has 0 spiro atoms. The number of pyridine rings is 1. The van der Waals surface area contributed by atoms with Crippen LogP contribution in [0.3, 0.4) is 0 Å². The molecule has 1 saturated heterocycles. The summed E-state index contributed by atoms with van der Waals surface area (Å²) in [7, 11) is -3.68. The van der Waals surface area contributed by atoms with Gasteiger partial charge in [-0.15, -0.1) is 0 Å². The molecule has 112 valence electrons. The first-order chi connectivity index (χ1) is 9.59. The van der Waals surface area contributed by atoms with Crippen molar-refractivity contribution in [1.82, 2.24) is 9.29 Å². The third-order valence-corrected chi connectivity index (χ3v) is 5.20. The third kappa shape index (κ3) is 3.09. The summed E-state index contributed by atoms with van der Waals surface area (Å²) in [6, 6.07) is 3.21. The summed E-state index contributed by atoms with van der Waals surface area (Å²) >= 11 is 0. The fraction of sp³-hybridized carbons (Fsp3) is 0.583. The molecule has 1 fully saturated rings. The van der Waals surface area contributed by atoms with Crippen LogP contribution in [0.5, 0.6) is 0 Å². The predicted molar refractivity (Wildman–Crippen MR) is 75.5 cm³/mol. The predicted octanol–water partition coefficient (Wildman–Crippen LogP) is 0.557. The standard InChI is InChI=1S/C12H20N4O3S/c1-2-16(9-10-5-4-8-19-10)20(17,18)12-11(15-13)6-3-7-14-12/h3,6-7,10,15H,2,4-5,8-9,13H2,1H3. The minimum Gasteiger partial charge on any atom is -0.377 e. The molecule has 2 heterocycles. The number of aromatic nitrogens is 1. The van der Waals surface area contributed by atoms with Gasteiger partial charge in [-0.3, -0.25) is 5.84 Å². The SMILES string of the molecule is CCN(CC1CCCO1)S(=O)(=O)c1ncccc1NN. The van der Waals surface area contributed by atoms with Crippen LogP contribution in [0.4, 0.5) is 5.69 Å². The van der Waals surface area contributed by atoms with Crippen LogP contribution in [-0.2, 0) is 14.8 Å². The average molecular weight is 300 g/mol. The maximum atomic E-state index is 12.6. The zero-order valence-corrected chi connectivity index (χ0v) is 12.3. The molecule has 0 bridgehead atoms. The van der Waals surface area contributed by atoms with Gasteiger partial charge in [-0.25, -0.2) is 13.4 Å². The molecule has 0 amide bonds. The second-order valence-electron chi connectivity index (χ2n) is 4.59. The molecule has 0 saturated carbocycles. The van der Waals surface area contributed by atoms with Crippen molar-refractivity contribution >= 4 is 15.7 Å². The summed E-state index contributed by atoms with van der Waals surface area (Å²) in [6.45, 7) is 3.20. The van der Waals surface area contributed by atoms with Gasteiger partial charge in [0.2, 0.25) is 0 Å². The molecule has 8 heteroatoms. The van der Waals surface area contributed by atoms with Crippen LogP contribution in [0.2, 0.25) is 0 Å². The molecule has 1 unspecified atom stereocenters. The Morgan fingerprint density at radius 1 is 1.60 bits per heavy atom. The Kier molecular flexibility index (Phi) is 4.92. The summed E-state index contributed by atoms with van der Waals surface area (Å²) in [4.78, 5) is 3.95. The highest BCUT2D eigenvalue weighted by atomic mass is 32.2.